The van der Waals surface area contributed by atoms with Crippen LogP contribution in [0.5, 0.6) is 0 Å². The summed E-state index contributed by atoms with van der Waals surface area (Å²) in [6.45, 7) is 8.86. The fourth-order valence-electron chi connectivity index (χ4n) is 1.85. The fourth-order valence-corrected chi connectivity index (χ4v) is 1.85. The first-order chi connectivity index (χ1) is 7.98. The Morgan fingerprint density at radius 3 is 2.47 bits per heavy atom. The molecule has 1 saturated heterocycles. The molecule has 0 atom stereocenters. The number of hydrogen-bond donors (Lipinski definition) is 0. The fraction of sp³-hybridized carbons (Fsp3) is 0.615. The lowest BCUT2D eigenvalue weighted by atomic mass is 9.88. The molecule has 0 radical (unpaired) electrons. The second-order valence-corrected chi connectivity index (χ2v) is 5.38. The van der Waals surface area contributed by atoms with E-state index in [9.17, 15) is 4.39 Å². The van der Waals surface area contributed by atoms with Crippen LogP contribution in [0.25, 0.3) is 0 Å². The van der Waals surface area contributed by atoms with E-state index in [1.165, 1.54) is 0 Å². The Labute approximate surface area is 102 Å². The molecule has 1 aliphatic rings. The molecule has 4 heteroatoms. The van der Waals surface area contributed by atoms with Gasteiger partial charge in [0, 0.05) is 19.3 Å². The van der Waals surface area contributed by atoms with E-state index < -0.39 is 0 Å². The molecule has 94 valence electrons. The summed E-state index contributed by atoms with van der Waals surface area (Å²) in [6.07, 6.45) is 1.77. The standard InChI is InChI=1S/C13H19FN2O/c1-13(2,3)10-8-11(14)12(15-9-10)16-4-6-17-7-5-16/h8-9H,4-7H2,1-3H3. The van der Waals surface area contributed by atoms with Gasteiger partial charge in [-0.15, -0.1) is 0 Å². The number of hydrogen-bond acceptors (Lipinski definition) is 3. The van der Waals surface area contributed by atoms with Gasteiger partial charge in [-0.25, -0.2) is 9.37 Å². The lowest BCUT2D eigenvalue weighted by Gasteiger charge is -2.28. The highest BCUT2D eigenvalue weighted by atomic mass is 19.1. The first-order valence-corrected chi connectivity index (χ1v) is 5.97. The number of pyridine rings is 1. The first-order valence-electron chi connectivity index (χ1n) is 5.97. The highest BCUT2D eigenvalue weighted by Crippen LogP contribution is 2.25. The van der Waals surface area contributed by atoms with Gasteiger partial charge in [0.05, 0.1) is 13.2 Å². The minimum absolute atomic E-state index is 0.0720. The smallest absolute Gasteiger partial charge is 0.165 e. The molecule has 0 unspecified atom stereocenters. The second kappa shape index (κ2) is 4.61. The van der Waals surface area contributed by atoms with Crippen molar-refractivity contribution in [1.82, 2.24) is 4.98 Å². The third kappa shape index (κ3) is 2.75. The summed E-state index contributed by atoms with van der Waals surface area (Å²) in [6, 6.07) is 1.60. The van der Waals surface area contributed by atoms with E-state index in [1.807, 2.05) is 4.90 Å². The summed E-state index contributed by atoms with van der Waals surface area (Å²) in [7, 11) is 0. The molecular formula is C13H19FN2O. The van der Waals surface area contributed by atoms with Crippen molar-refractivity contribution in [2.24, 2.45) is 0 Å². The third-order valence-corrected chi connectivity index (χ3v) is 3.00. The Hall–Kier alpha value is -1.16. The Balaban J connectivity index is 2.25. The summed E-state index contributed by atoms with van der Waals surface area (Å²) in [5, 5.41) is 0. The van der Waals surface area contributed by atoms with Crippen molar-refractivity contribution < 1.29 is 9.13 Å². The van der Waals surface area contributed by atoms with Crippen LogP contribution in [0.2, 0.25) is 0 Å². The molecular weight excluding hydrogens is 219 g/mol. The van der Waals surface area contributed by atoms with Crippen molar-refractivity contribution in [3.05, 3.63) is 23.6 Å². The summed E-state index contributed by atoms with van der Waals surface area (Å²) in [4.78, 5) is 6.20. The average Bonchev–Trinajstić information content (AvgIpc) is 2.29. The maximum atomic E-state index is 14.0. The quantitative estimate of drug-likeness (QED) is 0.751. The maximum absolute atomic E-state index is 14.0. The highest BCUT2D eigenvalue weighted by molar-refractivity contribution is 5.42. The van der Waals surface area contributed by atoms with Gasteiger partial charge in [0.2, 0.25) is 0 Å². The molecule has 1 aliphatic heterocycles. The number of ether oxygens (including phenoxy) is 1. The van der Waals surface area contributed by atoms with E-state index in [1.54, 1.807) is 12.3 Å². The monoisotopic (exact) mass is 238 g/mol. The number of nitrogens with zero attached hydrogens (tertiary/aromatic N) is 2. The normalized spacial score (nSPS) is 17.3. The molecule has 3 nitrogen and oxygen atoms in total. The van der Waals surface area contributed by atoms with Crippen molar-refractivity contribution in [3.8, 4) is 0 Å². The van der Waals surface area contributed by atoms with Gasteiger partial charge in [0.15, 0.2) is 11.6 Å². The van der Waals surface area contributed by atoms with Gasteiger partial charge < -0.3 is 9.64 Å². The molecule has 0 aliphatic carbocycles. The number of morpholine rings is 1. The molecule has 2 rings (SSSR count). The molecule has 0 spiro atoms. The topological polar surface area (TPSA) is 25.4 Å². The van der Waals surface area contributed by atoms with Crippen LogP contribution < -0.4 is 4.90 Å². The van der Waals surface area contributed by atoms with Gasteiger partial charge in [-0.2, -0.15) is 0 Å². The molecule has 17 heavy (non-hydrogen) atoms. The van der Waals surface area contributed by atoms with Crippen molar-refractivity contribution in [3.63, 3.8) is 0 Å². The maximum Gasteiger partial charge on any atom is 0.165 e. The molecule has 1 aromatic heterocycles. The van der Waals surface area contributed by atoms with E-state index in [4.69, 9.17) is 4.74 Å². The molecule has 1 aromatic rings. The van der Waals surface area contributed by atoms with E-state index in [2.05, 4.69) is 25.8 Å². The minimum Gasteiger partial charge on any atom is -0.378 e. The van der Waals surface area contributed by atoms with Crippen molar-refractivity contribution in [2.75, 3.05) is 31.2 Å². The number of aromatic nitrogens is 1. The van der Waals surface area contributed by atoms with E-state index in [0.717, 1.165) is 5.56 Å². The second-order valence-electron chi connectivity index (χ2n) is 5.38. The van der Waals surface area contributed by atoms with Crippen LogP contribution in [0.1, 0.15) is 26.3 Å². The third-order valence-electron chi connectivity index (χ3n) is 3.00. The zero-order chi connectivity index (χ0) is 12.5. The predicted molar refractivity (Wildman–Crippen MR) is 65.9 cm³/mol. The van der Waals surface area contributed by atoms with Gasteiger partial charge >= 0.3 is 0 Å². The zero-order valence-corrected chi connectivity index (χ0v) is 10.7. The summed E-state index contributed by atoms with van der Waals surface area (Å²) < 4.78 is 19.3. The number of rotatable bonds is 1. The number of anilines is 1. The van der Waals surface area contributed by atoms with Gasteiger partial charge in [0.1, 0.15) is 0 Å². The SMILES string of the molecule is CC(C)(C)c1cnc(N2CCOCC2)c(F)c1. The molecule has 1 fully saturated rings. The zero-order valence-electron chi connectivity index (χ0n) is 10.7. The molecule has 0 bridgehead atoms. The summed E-state index contributed by atoms with van der Waals surface area (Å²) >= 11 is 0. The van der Waals surface area contributed by atoms with Crippen molar-refractivity contribution >= 4 is 5.82 Å². The van der Waals surface area contributed by atoms with Crippen LogP contribution in [0.4, 0.5) is 10.2 Å². The van der Waals surface area contributed by atoms with Gasteiger partial charge in [0.25, 0.3) is 0 Å². The van der Waals surface area contributed by atoms with Crippen molar-refractivity contribution in [1.29, 1.82) is 0 Å². The summed E-state index contributed by atoms with van der Waals surface area (Å²) in [5.74, 6) is 0.209. The molecule has 0 amide bonds. The summed E-state index contributed by atoms with van der Waals surface area (Å²) in [5.41, 5.74) is 0.851. The van der Waals surface area contributed by atoms with Crippen LogP contribution in [-0.4, -0.2) is 31.3 Å². The minimum atomic E-state index is -0.237. The van der Waals surface area contributed by atoms with E-state index in [-0.39, 0.29) is 11.2 Å². The van der Waals surface area contributed by atoms with Gasteiger partial charge in [-0.05, 0) is 17.0 Å². The molecule has 0 N–H and O–H groups in total. The molecule has 0 saturated carbocycles. The lowest BCUT2D eigenvalue weighted by molar-refractivity contribution is 0.122. The van der Waals surface area contributed by atoms with E-state index >= 15 is 0 Å². The van der Waals surface area contributed by atoms with Crippen LogP contribution in [0.15, 0.2) is 12.3 Å². The Bertz CT molecular complexity index is 395. The van der Waals surface area contributed by atoms with Crippen LogP contribution in [-0.2, 0) is 10.2 Å². The molecule has 0 aromatic carbocycles. The largest absolute Gasteiger partial charge is 0.378 e. The van der Waals surface area contributed by atoms with Crippen molar-refractivity contribution in [2.45, 2.75) is 26.2 Å². The lowest BCUT2D eigenvalue weighted by Crippen LogP contribution is -2.37. The Morgan fingerprint density at radius 1 is 1.29 bits per heavy atom. The highest BCUT2D eigenvalue weighted by Gasteiger charge is 2.20. The number of halogens is 1. The van der Waals surface area contributed by atoms with Crippen LogP contribution >= 0.6 is 0 Å². The van der Waals surface area contributed by atoms with E-state index in [0.29, 0.717) is 32.1 Å². The Kier molecular flexibility index (Phi) is 3.33. The first kappa shape index (κ1) is 12.3. The molecule has 2 heterocycles. The Morgan fingerprint density at radius 2 is 1.94 bits per heavy atom. The predicted octanol–water partition coefficient (Wildman–Crippen LogP) is 2.35. The van der Waals surface area contributed by atoms with Gasteiger partial charge in [-0.3, -0.25) is 0 Å². The van der Waals surface area contributed by atoms with Gasteiger partial charge in [-0.1, -0.05) is 20.8 Å². The van der Waals surface area contributed by atoms with Crippen LogP contribution in [0.3, 0.4) is 0 Å². The average molecular weight is 238 g/mol. The van der Waals surface area contributed by atoms with Crippen LogP contribution in [0, 0.1) is 5.82 Å².